The molecule has 2 aliphatic rings. The third-order valence-corrected chi connectivity index (χ3v) is 8.11. The van der Waals surface area contributed by atoms with Gasteiger partial charge in [-0.25, -0.2) is 8.42 Å². The molecule has 0 spiro atoms. The Morgan fingerprint density at radius 3 is 2.61 bits per heavy atom. The van der Waals surface area contributed by atoms with Gasteiger partial charge in [-0.05, 0) is 55.9 Å². The summed E-state index contributed by atoms with van der Waals surface area (Å²) >= 11 is 0. The first-order valence-corrected chi connectivity index (χ1v) is 11.8. The molecule has 2 heterocycles. The molecule has 1 saturated carbocycles. The van der Waals surface area contributed by atoms with Crippen LogP contribution in [0.3, 0.4) is 0 Å². The van der Waals surface area contributed by atoms with Crippen molar-refractivity contribution in [2.45, 2.75) is 62.9 Å². The minimum Gasteiger partial charge on any atom is -0.352 e. The Hall–Kier alpha value is -1.86. The van der Waals surface area contributed by atoms with Crippen molar-refractivity contribution in [3.05, 3.63) is 30.5 Å². The van der Waals surface area contributed by atoms with E-state index in [0.717, 1.165) is 30.2 Å². The third kappa shape index (κ3) is 3.82. The Kier molecular flexibility index (Phi) is 5.47. The predicted molar refractivity (Wildman–Crippen MR) is 109 cm³/mol. The van der Waals surface area contributed by atoms with E-state index in [-0.39, 0.29) is 18.5 Å². The Labute approximate surface area is 166 Å². The minimum absolute atomic E-state index is 0.0185. The van der Waals surface area contributed by atoms with Gasteiger partial charge in [0.1, 0.15) is 6.54 Å². The van der Waals surface area contributed by atoms with Crippen LogP contribution in [0.4, 0.5) is 0 Å². The number of carbonyl (C=O) groups is 1. The first-order valence-electron chi connectivity index (χ1n) is 10.3. The number of rotatable bonds is 5. The molecule has 1 N–H and O–H groups in total. The second-order valence-electron chi connectivity index (χ2n) is 8.21. The zero-order chi connectivity index (χ0) is 19.7. The number of carbonyl (C=O) groups excluding carboxylic acids is 1. The molecule has 0 bridgehead atoms. The van der Waals surface area contributed by atoms with Crippen molar-refractivity contribution < 1.29 is 13.2 Å². The Morgan fingerprint density at radius 2 is 1.86 bits per heavy atom. The van der Waals surface area contributed by atoms with Crippen LogP contribution in [0.15, 0.2) is 35.4 Å². The molecular formula is C21H29N3O3S. The van der Waals surface area contributed by atoms with E-state index in [1.54, 1.807) is 16.4 Å². The van der Waals surface area contributed by atoms with Crippen molar-refractivity contribution >= 4 is 26.8 Å². The summed E-state index contributed by atoms with van der Waals surface area (Å²) in [4.78, 5) is 12.9. The number of fused-ring (bicyclic) bond motifs is 1. The maximum Gasteiger partial charge on any atom is 0.243 e. The van der Waals surface area contributed by atoms with E-state index < -0.39 is 10.0 Å². The number of hydrogen-bond acceptors (Lipinski definition) is 3. The van der Waals surface area contributed by atoms with Crippen LogP contribution in [0.5, 0.6) is 0 Å². The van der Waals surface area contributed by atoms with Gasteiger partial charge in [-0.2, -0.15) is 4.31 Å². The fourth-order valence-corrected chi connectivity index (χ4v) is 6.04. The van der Waals surface area contributed by atoms with Crippen molar-refractivity contribution in [2.75, 3.05) is 13.1 Å². The molecule has 2 atom stereocenters. The van der Waals surface area contributed by atoms with E-state index in [1.165, 1.54) is 19.3 Å². The van der Waals surface area contributed by atoms with Crippen LogP contribution in [-0.2, 0) is 21.4 Å². The summed E-state index contributed by atoms with van der Waals surface area (Å²) in [5.41, 5.74) is 0.882. The van der Waals surface area contributed by atoms with Crippen LogP contribution in [-0.4, -0.2) is 42.3 Å². The number of nitrogens with zero attached hydrogens (tertiary/aromatic N) is 2. The average Bonchev–Trinajstić information content (AvgIpc) is 3.34. The molecule has 6 nitrogen and oxygen atoms in total. The van der Waals surface area contributed by atoms with Gasteiger partial charge in [0.2, 0.25) is 15.9 Å². The molecule has 1 amide bonds. The van der Waals surface area contributed by atoms with Crippen molar-refractivity contribution in [3.63, 3.8) is 0 Å². The van der Waals surface area contributed by atoms with E-state index in [4.69, 9.17) is 0 Å². The normalized spacial score (nSPS) is 23.9. The second kappa shape index (κ2) is 7.87. The lowest BCUT2D eigenvalue weighted by molar-refractivity contribution is -0.122. The van der Waals surface area contributed by atoms with Gasteiger partial charge >= 0.3 is 0 Å². The van der Waals surface area contributed by atoms with E-state index >= 15 is 0 Å². The molecule has 152 valence electrons. The summed E-state index contributed by atoms with van der Waals surface area (Å²) in [5, 5.41) is 4.03. The summed E-state index contributed by atoms with van der Waals surface area (Å²) in [6.07, 6.45) is 8.36. The minimum atomic E-state index is -3.42. The summed E-state index contributed by atoms with van der Waals surface area (Å²) < 4.78 is 29.0. The quantitative estimate of drug-likeness (QED) is 0.834. The monoisotopic (exact) mass is 403 g/mol. The van der Waals surface area contributed by atoms with Crippen molar-refractivity contribution in [1.29, 1.82) is 0 Å². The molecular weight excluding hydrogens is 374 g/mol. The van der Waals surface area contributed by atoms with Crippen LogP contribution in [0.25, 0.3) is 10.9 Å². The van der Waals surface area contributed by atoms with Crippen LogP contribution >= 0.6 is 0 Å². The summed E-state index contributed by atoms with van der Waals surface area (Å²) in [6, 6.07) is 7.35. The maximum absolute atomic E-state index is 12.8. The van der Waals surface area contributed by atoms with E-state index in [9.17, 15) is 13.2 Å². The lowest BCUT2D eigenvalue weighted by atomic mass is 9.86. The summed E-state index contributed by atoms with van der Waals surface area (Å²) in [6.45, 7) is 3.66. The second-order valence-corrected chi connectivity index (χ2v) is 10.1. The van der Waals surface area contributed by atoms with Crippen LogP contribution in [0.2, 0.25) is 0 Å². The number of nitrogens with one attached hydrogen (secondary N) is 1. The predicted octanol–water partition coefficient (Wildman–Crippen LogP) is 3.12. The van der Waals surface area contributed by atoms with Crippen LogP contribution < -0.4 is 5.32 Å². The molecule has 4 rings (SSSR count). The zero-order valence-electron chi connectivity index (χ0n) is 16.4. The molecule has 0 unspecified atom stereocenters. The molecule has 1 aromatic carbocycles. The number of amides is 1. The summed E-state index contributed by atoms with van der Waals surface area (Å²) in [5.74, 6) is 0.544. The Morgan fingerprint density at radius 1 is 1.11 bits per heavy atom. The highest BCUT2D eigenvalue weighted by atomic mass is 32.2. The fourth-order valence-electron chi connectivity index (χ4n) is 4.49. The average molecular weight is 404 g/mol. The van der Waals surface area contributed by atoms with E-state index in [0.29, 0.717) is 23.9 Å². The van der Waals surface area contributed by atoms with Gasteiger partial charge in [0.15, 0.2) is 0 Å². The van der Waals surface area contributed by atoms with Gasteiger partial charge < -0.3 is 9.88 Å². The van der Waals surface area contributed by atoms with Crippen molar-refractivity contribution in [1.82, 2.24) is 14.2 Å². The van der Waals surface area contributed by atoms with Gasteiger partial charge in [-0.15, -0.1) is 0 Å². The molecule has 2 fully saturated rings. The van der Waals surface area contributed by atoms with Gasteiger partial charge in [0.25, 0.3) is 0 Å². The largest absolute Gasteiger partial charge is 0.352 e. The topological polar surface area (TPSA) is 71.4 Å². The first kappa shape index (κ1) is 19.5. The molecule has 2 aromatic rings. The van der Waals surface area contributed by atoms with E-state index in [1.807, 2.05) is 22.9 Å². The molecule has 1 aromatic heterocycles. The molecule has 1 aliphatic heterocycles. The molecule has 0 radical (unpaired) electrons. The number of sulfonamides is 1. The van der Waals surface area contributed by atoms with Gasteiger partial charge in [-0.3, -0.25) is 4.79 Å². The molecule has 28 heavy (non-hydrogen) atoms. The van der Waals surface area contributed by atoms with Gasteiger partial charge in [0, 0.05) is 36.2 Å². The number of aromatic nitrogens is 1. The number of benzene rings is 1. The highest BCUT2D eigenvalue weighted by molar-refractivity contribution is 7.89. The first-order chi connectivity index (χ1) is 13.4. The Bertz CT molecular complexity index is 960. The lowest BCUT2D eigenvalue weighted by Gasteiger charge is -2.29. The maximum atomic E-state index is 12.8. The van der Waals surface area contributed by atoms with Gasteiger partial charge in [0.05, 0.1) is 4.90 Å². The van der Waals surface area contributed by atoms with Crippen LogP contribution in [0, 0.1) is 5.92 Å². The van der Waals surface area contributed by atoms with Crippen molar-refractivity contribution in [3.8, 4) is 0 Å². The van der Waals surface area contributed by atoms with E-state index in [2.05, 4.69) is 12.2 Å². The zero-order valence-corrected chi connectivity index (χ0v) is 17.2. The standard InChI is InChI=1S/C21H29N3O3S/c1-16-6-2-3-7-19(16)22-21(25)15-23-13-10-17-14-18(8-9-20(17)23)28(26,27)24-11-4-5-12-24/h8-10,13-14,16,19H,2-7,11-12,15H2,1H3,(H,22,25)/t16-,19-/m1/s1. The van der Waals surface area contributed by atoms with Crippen LogP contribution in [0.1, 0.15) is 45.4 Å². The smallest absolute Gasteiger partial charge is 0.243 e. The molecule has 7 heteroatoms. The van der Waals surface area contributed by atoms with Gasteiger partial charge in [-0.1, -0.05) is 19.8 Å². The highest BCUT2D eigenvalue weighted by Crippen LogP contribution is 2.26. The third-order valence-electron chi connectivity index (χ3n) is 6.22. The molecule has 1 saturated heterocycles. The summed E-state index contributed by atoms with van der Waals surface area (Å²) in [7, 11) is -3.42. The molecule has 1 aliphatic carbocycles. The fraction of sp³-hybridized carbons (Fsp3) is 0.571. The lowest BCUT2D eigenvalue weighted by Crippen LogP contribution is -2.42. The SMILES string of the molecule is C[C@@H]1CCCC[C@H]1NC(=O)Cn1ccc2cc(S(=O)(=O)N3CCCC3)ccc21. The Balaban J connectivity index is 1.49. The number of hydrogen-bond donors (Lipinski definition) is 1. The highest BCUT2D eigenvalue weighted by Gasteiger charge is 2.27. The van der Waals surface area contributed by atoms with Crippen molar-refractivity contribution in [2.24, 2.45) is 5.92 Å².